The first-order valence-electron chi connectivity index (χ1n) is 7.67. The van der Waals surface area contributed by atoms with Gasteiger partial charge in [-0.05, 0) is 32.2 Å². The predicted molar refractivity (Wildman–Crippen MR) is 73.1 cm³/mol. The van der Waals surface area contributed by atoms with E-state index in [2.05, 4.69) is 10.6 Å². The molecule has 2 heterocycles. The molecule has 3 fully saturated rings. The monoisotopic (exact) mass is 281 g/mol. The summed E-state index contributed by atoms with van der Waals surface area (Å²) < 4.78 is 5.40. The number of carbonyl (C=O) groups excluding carboxylic acids is 2. The van der Waals surface area contributed by atoms with Crippen molar-refractivity contribution < 1.29 is 14.3 Å². The molecule has 0 aromatic rings. The number of nitrogens with zero attached hydrogens (tertiary/aromatic N) is 1. The van der Waals surface area contributed by atoms with Crippen molar-refractivity contribution in [3.8, 4) is 0 Å². The van der Waals surface area contributed by atoms with Gasteiger partial charge in [-0.1, -0.05) is 6.42 Å². The quantitative estimate of drug-likeness (QED) is 0.741. The van der Waals surface area contributed by atoms with Gasteiger partial charge < -0.3 is 20.3 Å². The summed E-state index contributed by atoms with van der Waals surface area (Å²) in [4.78, 5) is 26.6. The molecule has 0 aromatic carbocycles. The first-order valence-corrected chi connectivity index (χ1v) is 7.67. The van der Waals surface area contributed by atoms with Crippen LogP contribution in [0.5, 0.6) is 0 Å². The van der Waals surface area contributed by atoms with Gasteiger partial charge in [0.1, 0.15) is 6.04 Å². The second-order valence-electron chi connectivity index (χ2n) is 5.91. The van der Waals surface area contributed by atoms with Gasteiger partial charge >= 0.3 is 0 Å². The minimum atomic E-state index is -0.458. The summed E-state index contributed by atoms with van der Waals surface area (Å²) in [6, 6.07) is -0.271. The van der Waals surface area contributed by atoms with Crippen molar-refractivity contribution in [3.63, 3.8) is 0 Å². The van der Waals surface area contributed by atoms with Crippen LogP contribution in [-0.2, 0) is 14.3 Å². The number of piperidine rings is 1. The van der Waals surface area contributed by atoms with E-state index in [1.807, 2.05) is 0 Å². The summed E-state index contributed by atoms with van der Waals surface area (Å²) in [5.41, 5.74) is 0. The highest BCUT2D eigenvalue weighted by atomic mass is 16.5. The molecule has 2 aliphatic heterocycles. The van der Waals surface area contributed by atoms with Crippen LogP contribution < -0.4 is 10.6 Å². The van der Waals surface area contributed by atoms with Crippen molar-refractivity contribution in [2.45, 2.75) is 50.2 Å². The lowest BCUT2D eigenvalue weighted by Gasteiger charge is -2.37. The first-order chi connectivity index (χ1) is 9.75. The van der Waals surface area contributed by atoms with Crippen LogP contribution in [0.25, 0.3) is 0 Å². The number of amides is 2. The van der Waals surface area contributed by atoms with Crippen molar-refractivity contribution in [1.29, 1.82) is 0 Å². The molecule has 3 rings (SSSR count). The summed E-state index contributed by atoms with van der Waals surface area (Å²) in [6.07, 6.45) is 5.17. The molecule has 2 atom stereocenters. The number of hydrogen-bond donors (Lipinski definition) is 2. The predicted octanol–water partition coefficient (Wildman–Crippen LogP) is -0.365. The Kier molecular flexibility index (Phi) is 4.21. The van der Waals surface area contributed by atoms with Gasteiger partial charge in [-0.15, -0.1) is 0 Å². The maximum atomic E-state index is 12.6. The zero-order chi connectivity index (χ0) is 13.9. The average molecular weight is 281 g/mol. The third-order valence-corrected chi connectivity index (χ3v) is 4.25. The van der Waals surface area contributed by atoms with Crippen molar-refractivity contribution >= 4 is 11.8 Å². The van der Waals surface area contributed by atoms with Crippen LogP contribution in [0.1, 0.15) is 32.1 Å². The highest BCUT2D eigenvalue weighted by Crippen LogP contribution is 2.20. The SMILES string of the molecule is O=C(NC1CC1)C1COCCN1C(=O)[C@H]1CCCCN1. The molecule has 20 heavy (non-hydrogen) atoms. The molecule has 2 amide bonds. The Labute approximate surface area is 119 Å². The number of nitrogens with one attached hydrogen (secondary N) is 2. The van der Waals surface area contributed by atoms with Gasteiger partial charge in [0.15, 0.2) is 0 Å². The van der Waals surface area contributed by atoms with E-state index in [-0.39, 0.29) is 17.9 Å². The lowest BCUT2D eigenvalue weighted by Crippen LogP contribution is -2.60. The van der Waals surface area contributed by atoms with Gasteiger partial charge in [-0.3, -0.25) is 9.59 Å². The van der Waals surface area contributed by atoms with E-state index >= 15 is 0 Å². The van der Waals surface area contributed by atoms with Crippen molar-refractivity contribution in [2.24, 2.45) is 0 Å². The molecule has 0 aromatic heterocycles. The van der Waals surface area contributed by atoms with Crippen molar-refractivity contribution in [2.75, 3.05) is 26.3 Å². The lowest BCUT2D eigenvalue weighted by atomic mass is 10.0. The first kappa shape index (κ1) is 13.8. The molecule has 0 spiro atoms. The summed E-state index contributed by atoms with van der Waals surface area (Å²) >= 11 is 0. The molecular formula is C14H23N3O3. The zero-order valence-corrected chi connectivity index (χ0v) is 11.8. The highest BCUT2D eigenvalue weighted by Gasteiger charge is 2.38. The smallest absolute Gasteiger partial charge is 0.245 e. The zero-order valence-electron chi connectivity index (χ0n) is 11.8. The van der Waals surface area contributed by atoms with Crippen LogP contribution in [0.3, 0.4) is 0 Å². The molecule has 1 unspecified atom stereocenters. The number of rotatable bonds is 3. The maximum absolute atomic E-state index is 12.6. The molecule has 2 N–H and O–H groups in total. The molecule has 112 valence electrons. The minimum absolute atomic E-state index is 0.0589. The fourth-order valence-corrected chi connectivity index (χ4v) is 2.87. The largest absolute Gasteiger partial charge is 0.377 e. The standard InChI is InChI=1S/C14H23N3O3/c18-13(16-10-4-5-10)12-9-20-8-7-17(12)14(19)11-3-1-2-6-15-11/h10-12,15H,1-9H2,(H,16,18)/t11-,12?/m1/s1. The van der Waals surface area contributed by atoms with E-state index in [9.17, 15) is 9.59 Å². The van der Waals surface area contributed by atoms with E-state index in [0.717, 1.165) is 38.6 Å². The number of ether oxygens (including phenoxy) is 1. The third-order valence-electron chi connectivity index (χ3n) is 4.25. The fraction of sp³-hybridized carbons (Fsp3) is 0.857. The molecule has 0 bridgehead atoms. The Hall–Kier alpha value is -1.14. The molecule has 6 heteroatoms. The normalized spacial score (nSPS) is 30.9. The highest BCUT2D eigenvalue weighted by molar-refractivity contribution is 5.90. The second kappa shape index (κ2) is 6.10. The maximum Gasteiger partial charge on any atom is 0.245 e. The van der Waals surface area contributed by atoms with E-state index in [0.29, 0.717) is 25.8 Å². The van der Waals surface area contributed by atoms with Crippen LogP contribution in [-0.4, -0.2) is 61.1 Å². The Morgan fingerprint density at radius 3 is 2.75 bits per heavy atom. The second-order valence-corrected chi connectivity index (χ2v) is 5.91. The molecular weight excluding hydrogens is 258 g/mol. The molecule has 1 saturated carbocycles. The molecule has 0 radical (unpaired) electrons. The molecule has 6 nitrogen and oxygen atoms in total. The van der Waals surface area contributed by atoms with Crippen LogP contribution in [0.2, 0.25) is 0 Å². The topological polar surface area (TPSA) is 70.7 Å². The minimum Gasteiger partial charge on any atom is -0.377 e. The van der Waals surface area contributed by atoms with Crippen LogP contribution >= 0.6 is 0 Å². The van der Waals surface area contributed by atoms with Crippen molar-refractivity contribution in [1.82, 2.24) is 15.5 Å². The van der Waals surface area contributed by atoms with Crippen molar-refractivity contribution in [3.05, 3.63) is 0 Å². The van der Waals surface area contributed by atoms with Gasteiger partial charge in [0.25, 0.3) is 0 Å². The van der Waals surface area contributed by atoms with Gasteiger partial charge in [0.05, 0.1) is 19.3 Å². The Balaban J connectivity index is 1.63. The van der Waals surface area contributed by atoms with E-state index in [4.69, 9.17) is 4.74 Å². The van der Waals surface area contributed by atoms with Crippen LogP contribution in [0, 0.1) is 0 Å². The van der Waals surface area contributed by atoms with Gasteiger partial charge in [0.2, 0.25) is 11.8 Å². The molecule has 2 saturated heterocycles. The number of morpholine rings is 1. The Morgan fingerprint density at radius 2 is 2.05 bits per heavy atom. The summed E-state index contributed by atoms with van der Waals surface area (Å²) in [5.74, 6) is 0.000284. The summed E-state index contributed by atoms with van der Waals surface area (Å²) in [7, 11) is 0. The lowest BCUT2D eigenvalue weighted by molar-refractivity contribution is -0.150. The van der Waals surface area contributed by atoms with Crippen LogP contribution in [0.4, 0.5) is 0 Å². The van der Waals surface area contributed by atoms with E-state index in [1.165, 1.54) is 0 Å². The molecule has 3 aliphatic rings. The summed E-state index contributed by atoms with van der Waals surface area (Å²) in [6.45, 7) is 2.24. The van der Waals surface area contributed by atoms with E-state index < -0.39 is 6.04 Å². The van der Waals surface area contributed by atoms with Crippen LogP contribution in [0.15, 0.2) is 0 Å². The van der Waals surface area contributed by atoms with Gasteiger partial charge in [-0.2, -0.15) is 0 Å². The van der Waals surface area contributed by atoms with Gasteiger partial charge in [0, 0.05) is 12.6 Å². The number of hydrogen-bond acceptors (Lipinski definition) is 4. The fourth-order valence-electron chi connectivity index (χ4n) is 2.87. The Morgan fingerprint density at radius 1 is 1.20 bits per heavy atom. The summed E-state index contributed by atoms with van der Waals surface area (Å²) in [5, 5.41) is 6.24. The van der Waals surface area contributed by atoms with E-state index in [1.54, 1.807) is 4.90 Å². The average Bonchev–Trinajstić information content (AvgIpc) is 3.31. The third kappa shape index (κ3) is 3.12. The molecule has 1 aliphatic carbocycles. The Bertz CT molecular complexity index is 378. The number of carbonyl (C=O) groups is 2. The van der Waals surface area contributed by atoms with Gasteiger partial charge in [-0.25, -0.2) is 0 Å².